The number of methoxy groups -OCH3 is 2. The fourth-order valence-electron chi connectivity index (χ4n) is 2.58. The summed E-state index contributed by atoms with van der Waals surface area (Å²) in [5, 5.41) is 1.25. The molecule has 0 spiro atoms. The molecule has 3 rings (SSSR count). The molecule has 0 saturated carbocycles. The Kier molecular flexibility index (Phi) is 2.64. The summed E-state index contributed by atoms with van der Waals surface area (Å²) in [5.74, 6) is 0.520. The van der Waals surface area contributed by atoms with Crippen molar-refractivity contribution in [1.29, 1.82) is 0 Å². The van der Waals surface area contributed by atoms with Gasteiger partial charge >= 0.3 is 0 Å². The highest BCUT2D eigenvalue weighted by Crippen LogP contribution is 2.40. The van der Waals surface area contributed by atoms with Crippen molar-refractivity contribution in [2.75, 3.05) is 21.3 Å². The number of ether oxygens (including phenoxy) is 2. The maximum Gasteiger partial charge on any atom is 0.261 e. The van der Waals surface area contributed by atoms with Crippen LogP contribution in [0.3, 0.4) is 0 Å². The van der Waals surface area contributed by atoms with Crippen molar-refractivity contribution in [3.63, 3.8) is 0 Å². The monoisotopic (exact) mass is 271 g/mol. The Balaban J connectivity index is 2.52. The maximum atomic E-state index is 12.2. The molecule has 2 aromatic carbocycles. The summed E-state index contributed by atoms with van der Waals surface area (Å²) in [4.78, 5) is 25.6. The summed E-state index contributed by atoms with van der Waals surface area (Å²) in [5.41, 5.74) is 0.966. The van der Waals surface area contributed by atoms with Gasteiger partial charge in [-0.2, -0.15) is 0 Å². The van der Waals surface area contributed by atoms with Gasteiger partial charge in [-0.25, -0.2) is 0 Å². The Morgan fingerprint density at radius 1 is 0.800 bits per heavy atom. The number of hydrogen-bond acceptors (Lipinski definition) is 4. The molecular formula is C15H13NO4. The van der Waals surface area contributed by atoms with Crippen LogP contribution < -0.4 is 9.47 Å². The molecule has 0 bridgehead atoms. The lowest BCUT2D eigenvalue weighted by atomic mass is 9.93. The van der Waals surface area contributed by atoms with E-state index in [1.165, 1.54) is 7.05 Å². The van der Waals surface area contributed by atoms with Gasteiger partial charge in [0.2, 0.25) is 0 Å². The Labute approximate surface area is 115 Å². The van der Waals surface area contributed by atoms with Crippen molar-refractivity contribution in [2.24, 2.45) is 0 Å². The molecule has 20 heavy (non-hydrogen) atoms. The summed E-state index contributed by atoms with van der Waals surface area (Å²) in [6.07, 6.45) is 0. The lowest BCUT2D eigenvalue weighted by Crippen LogP contribution is -2.36. The minimum atomic E-state index is -0.316. The van der Waals surface area contributed by atoms with Crippen LogP contribution in [-0.4, -0.2) is 38.0 Å². The van der Waals surface area contributed by atoms with Crippen LogP contribution in [0.2, 0.25) is 0 Å². The third-order valence-corrected chi connectivity index (χ3v) is 3.59. The summed E-state index contributed by atoms with van der Waals surface area (Å²) < 4.78 is 10.7. The van der Waals surface area contributed by atoms with Crippen LogP contribution in [0, 0.1) is 0 Å². The van der Waals surface area contributed by atoms with Gasteiger partial charge in [-0.3, -0.25) is 14.5 Å². The number of nitrogens with zero attached hydrogens (tertiary/aromatic N) is 1. The van der Waals surface area contributed by atoms with E-state index in [0.29, 0.717) is 33.4 Å². The third kappa shape index (κ3) is 1.43. The fraction of sp³-hybridized carbons (Fsp3) is 0.200. The number of carbonyl (C=O) groups is 2. The summed E-state index contributed by atoms with van der Waals surface area (Å²) >= 11 is 0. The first-order valence-corrected chi connectivity index (χ1v) is 6.10. The molecule has 0 N–H and O–H groups in total. The lowest BCUT2D eigenvalue weighted by molar-refractivity contribution is 0.0650. The molecule has 0 saturated heterocycles. The predicted molar refractivity (Wildman–Crippen MR) is 73.5 cm³/mol. The van der Waals surface area contributed by atoms with E-state index in [2.05, 4.69) is 0 Å². The van der Waals surface area contributed by atoms with Crippen molar-refractivity contribution >= 4 is 22.6 Å². The second-order valence-electron chi connectivity index (χ2n) is 4.55. The molecular weight excluding hydrogens is 258 g/mol. The van der Waals surface area contributed by atoms with Crippen LogP contribution in [0.1, 0.15) is 20.7 Å². The molecule has 0 atom stereocenters. The van der Waals surface area contributed by atoms with E-state index in [0.717, 1.165) is 4.90 Å². The first-order chi connectivity index (χ1) is 9.60. The van der Waals surface area contributed by atoms with Gasteiger partial charge in [0.05, 0.1) is 19.6 Å². The molecule has 0 fully saturated rings. The van der Waals surface area contributed by atoms with Crippen LogP contribution in [0.15, 0.2) is 24.3 Å². The first-order valence-electron chi connectivity index (χ1n) is 6.10. The smallest absolute Gasteiger partial charge is 0.261 e. The minimum absolute atomic E-state index is 0.316. The van der Waals surface area contributed by atoms with Crippen LogP contribution in [-0.2, 0) is 0 Å². The first kappa shape index (κ1) is 12.5. The van der Waals surface area contributed by atoms with E-state index in [1.807, 2.05) is 0 Å². The molecule has 102 valence electrons. The lowest BCUT2D eigenvalue weighted by Gasteiger charge is -2.25. The molecule has 0 radical (unpaired) electrons. The Hall–Kier alpha value is -2.56. The summed E-state index contributed by atoms with van der Waals surface area (Å²) in [6.45, 7) is 0. The van der Waals surface area contributed by atoms with Gasteiger partial charge in [0.25, 0.3) is 11.8 Å². The van der Waals surface area contributed by atoms with Crippen LogP contribution in [0.4, 0.5) is 0 Å². The average molecular weight is 271 g/mol. The molecule has 2 amide bonds. The van der Waals surface area contributed by atoms with Crippen LogP contribution in [0.5, 0.6) is 11.5 Å². The molecule has 0 aliphatic carbocycles. The van der Waals surface area contributed by atoms with Crippen molar-refractivity contribution in [1.82, 2.24) is 4.90 Å². The molecule has 1 aliphatic heterocycles. The second-order valence-corrected chi connectivity index (χ2v) is 4.55. The maximum absolute atomic E-state index is 12.2. The molecule has 1 aliphatic rings. The number of imide groups is 1. The van der Waals surface area contributed by atoms with Gasteiger partial charge in [0, 0.05) is 23.6 Å². The van der Waals surface area contributed by atoms with E-state index in [-0.39, 0.29) is 11.8 Å². The summed E-state index contributed by atoms with van der Waals surface area (Å²) in [7, 11) is 4.57. The van der Waals surface area contributed by atoms with Crippen LogP contribution >= 0.6 is 0 Å². The fourth-order valence-corrected chi connectivity index (χ4v) is 2.58. The number of benzene rings is 2. The highest BCUT2D eigenvalue weighted by Gasteiger charge is 2.32. The predicted octanol–water partition coefficient (Wildman–Crippen LogP) is 2.08. The molecule has 5 nitrogen and oxygen atoms in total. The normalized spacial score (nSPS) is 13.8. The van der Waals surface area contributed by atoms with Gasteiger partial charge in [-0.15, -0.1) is 0 Å². The number of carbonyl (C=O) groups excluding carboxylic acids is 2. The zero-order valence-electron chi connectivity index (χ0n) is 11.4. The zero-order chi connectivity index (χ0) is 14.4. The number of amides is 2. The van der Waals surface area contributed by atoms with Crippen molar-refractivity contribution in [3.8, 4) is 11.5 Å². The Morgan fingerprint density at radius 3 is 1.65 bits per heavy atom. The zero-order valence-corrected chi connectivity index (χ0v) is 11.4. The van der Waals surface area contributed by atoms with E-state index in [1.54, 1.807) is 38.5 Å². The van der Waals surface area contributed by atoms with E-state index >= 15 is 0 Å². The van der Waals surface area contributed by atoms with Crippen molar-refractivity contribution < 1.29 is 19.1 Å². The summed E-state index contributed by atoms with van der Waals surface area (Å²) in [6, 6.07) is 6.78. The highest BCUT2D eigenvalue weighted by atomic mass is 16.5. The van der Waals surface area contributed by atoms with Gasteiger partial charge < -0.3 is 9.47 Å². The molecule has 2 aromatic rings. The number of rotatable bonds is 2. The second kappa shape index (κ2) is 4.23. The van der Waals surface area contributed by atoms with E-state index in [9.17, 15) is 9.59 Å². The number of hydrogen-bond donors (Lipinski definition) is 0. The van der Waals surface area contributed by atoms with Crippen molar-refractivity contribution in [3.05, 3.63) is 35.4 Å². The van der Waals surface area contributed by atoms with Gasteiger partial charge in [-0.05, 0) is 24.3 Å². The average Bonchev–Trinajstić information content (AvgIpc) is 2.49. The molecule has 1 heterocycles. The Bertz CT molecular complexity index is 692. The Morgan fingerprint density at radius 2 is 1.25 bits per heavy atom. The largest absolute Gasteiger partial charge is 0.496 e. The molecule has 0 unspecified atom stereocenters. The quantitative estimate of drug-likeness (QED) is 0.785. The van der Waals surface area contributed by atoms with Gasteiger partial charge in [-0.1, -0.05) is 0 Å². The third-order valence-electron chi connectivity index (χ3n) is 3.59. The van der Waals surface area contributed by atoms with Gasteiger partial charge in [0.1, 0.15) is 11.5 Å². The SMILES string of the molecule is COc1ccc2c3c(ccc(OC)c13)C(=O)N(C)C2=O. The van der Waals surface area contributed by atoms with E-state index < -0.39 is 0 Å². The van der Waals surface area contributed by atoms with E-state index in [4.69, 9.17) is 9.47 Å². The minimum Gasteiger partial charge on any atom is -0.496 e. The van der Waals surface area contributed by atoms with Gasteiger partial charge in [0.15, 0.2) is 0 Å². The van der Waals surface area contributed by atoms with Crippen molar-refractivity contribution in [2.45, 2.75) is 0 Å². The molecule has 5 heteroatoms. The highest BCUT2D eigenvalue weighted by molar-refractivity contribution is 6.26. The molecule has 0 aromatic heterocycles. The van der Waals surface area contributed by atoms with Crippen LogP contribution in [0.25, 0.3) is 10.8 Å². The standard InChI is InChI=1S/C15H13NO4/c1-16-14(17)8-4-6-10(19-2)13-11(20-3)7-5-9(12(8)13)15(16)18/h4-7H,1-3H3. The topological polar surface area (TPSA) is 55.8 Å².